The minimum atomic E-state index is 0. The molecule has 0 amide bonds. The lowest BCUT2D eigenvalue weighted by molar-refractivity contribution is 0.267. The van der Waals surface area contributed by atoms with Crippen LogP contribution in [0, 0.1) is 0 Å². The van der Waals surface area contributed by atoms with Gasteiger partial charge >= 0.3 is 0 Å². The molecule has 0 saturated carbocycles. The Balaban J connectivity index is 0.00000261. The average molecular weight is 484 g/mol. The van der Waals surface area contributed by atoms with Gasteiger partial charge in [-0.1, -0.05) is 37.2 Å². The minimum Gasteiger partial charge on any atom is -0.493 e. The largest absolute Gasteiger partial charge is 0.493 e. The molecule has 1 aromatic heterocycles. The van der Waals surface area contributed by atoms with Crippen LogP contribution in [0.5, 0.6) is 5.75 Å². The lowest BCUT2D eigenvalue weighted by Gasteiger charge is -2.26. The number of nitrogens with one attached hydrogen (secondary N) is 2. The van der Waals surface area contributed by atoms with Gasteiger partial charge in [0.05, 0.1) is 12.3 Å². The van der Waals surface area contributed by atoms with E-state index < -0.39 is 0 Å². The Hall–Kier alpha value is -1.77. The van der Waals surface area contributed by atoms with Crippen molar-refractivity contribution in [2.75, 3.05) is 19.7 Å². The molecule has 0 fully saturated rings. The van der Waals surface area contributed by atoms with Crippen LogP contribution in [0.1, 0.15) is 56.0 Å². The van der Waals surface area contributed by atoms with Crippen molar-refractivity contribution >= 4 is 29.9 Å². The van der Waals surface area contributed by atoms with Gasteiger partial charge in [0, 0.05) is 25.1 Å². The predicted octanol–water partition coefficient (Wildman–Crippen LogP) is 4.04. The highest BCUT2D eigenvalue weighted by Gasteiger charge is 2.21. The molecule has 2 N–H and O–H groups in total. The Kier molecular flexibility index (Phi) is 8.40. The third kappa shape index (κ3) is 5.85. The second-order valence-electron chi connectivity index (χ2n) is 6.82. The van der Waals surface area contributed by atoms with Crippen molar-refractivity contribution in [2.24, 2.45) is 4.99 Å². The molecular weight excluding hydrogens is 455 g/mol. The van der Waals surface area contributed by atoms with Gasteiger partial charge in [0.1, 0.15) is 12.3 Å². The molecule has 3 rings (SSSR count). The van der Waals surface area contributed by atoms with Crippen LogP contribution in [0.25, 0.3) is 0 Å². The maximum absolute atomic E-state index is 5.74. The van der Waals surface area contributed by atoms with E-state index in [0.29, 0.717) is 18.4 Å². The Morgan fingerprint density at radius 2 is 2.11 bits per heavy atom. The van der Waals surface area contributed by atoms with Crippen LogP contribution in [0.2, 0.25) is 0 Å². The summed E-state index contributed by atoms with van der Waals surface area (Å²) < 4.78 is 11.1. The van der Waals surface area contributed by atoms with Crippen LogP contribution in [0.4, 0.5) is 0 Å². The van der Waals surface area contributed by atoms with E-state index in [0.717, 1.165) is 49.3 Å². The predicted molar refractivity (Wildman–Crippen MR) is 118 cm³/mol. The Morgan fingerprint density at radius 3 is 2.85 bits per heavy atom. The van der Waals surface area contributed by atoms with E-state index in [4.69, 9.17) is 9.26 Å². The van der Waals surface area contributed by atoms with Crippen LogP contribution >= 0.6 is 24.0 Å². The number of hydrogen-bond donors (Lipinski definition) is 2. The molecule has 1 unspecified atom stereocenters. The molecule has 2 aromatic rings. The monoisotopic (exact) mass is 484 g/mol. The summed E-state index contributed by atoms with van der Waals surface area (Å²) in [5.41, 5.74) is 2.23. The first kappa shape index (κ1) is 21.5. The number of nitrogens with zero attached hydrogens (tertiary/aromatic N) is 2. The number of benzene rings is 1. The van der Waals surface area contributed by atoms with E-state index >= 15 is 0 Å². The van der Waals surface area contributed by atoms with Crippen molar-refractivity contribution in [3.05, 3.63) is 47.3 Å². The van der Waals surface area contributed by atoms with Gasteiger partial charge in [0.15, 0.2) is 11.7 Å². The van der Waals surface area contributed by atoms with E-state index in [1.807, 2.05) is 18.2 Å². The average Bonchev–Trinajstić information content (AvgIpc) is 3.13. The molecule has 0 bridgehead atoms. The topological polar surface area (TPSA) is 71.7 Å². The van der Waals surface area contributed by atoms with Crippen LogP contribution in [-0.4, -0.2) is 30.8 Å². The third-order valence-corrected chi connectivity index (χ3v) is 4.50. The minimum absolute atomic E-state index is 0. The first-order chi connectivity index (χ1) is 12.7. The number of rotatable bonds is 6. The molecule has 0 radical (unpaired) electrons. The molecular formula is C20H29IN4O2. The van der Waals surface area contributed by atoms with Gasteiger partial charge < -0.3 is 19.9 Å². The fourth-order valence-corrected chi connectivity index (χ4v) is 3.02. The summed E-state index contributed by atoms with van der Waals surface area (Å²) in [4.78, 5) is 4.63. The SMILES string of the molecule is CCNC(=NCc1cc(C(C)C)no1)NCC1CCOc2ccccc21.I. The second-order valence-corrected chi connectivity index (χ2v) is 6.82. The van der Waals surface area contributed by atoms with Crippen molar-refractivity contribution in [1.82, 2.24) is 15.8 Å². The number of halogens is 1. The fraction of sp³-hybridized carbons (Fsp3) is 0.500. The first-order valence-corrected chi connectivity index (χ1v) is 9.36. The van der Waals surface area contributed by atoms with Crippen molar-refractivity contribution < 1.29 is 9.26 Å². The summed E-state index contributed by atoms with van der Waals surface area (Å²) >= 11 is 0. The number of ether oxygens (including phenoxy) is 1. The number of fused-ring (bicyclic) bond motifs is 1. The van der Waals surface area contributed by atoms with Crippen LogP contribution in [0.15, 0.2) is 39.8 Å². The van der Waals surface area contributed by atoms with E-state index in [-0.39, 0.29) is 24.0 Å². The highest BCUT2D eigenvalue weighted by molar-refractivity contribution is 14.0. The fourth-order valence-electron chi connectivity index (χ4n) is 3.02. The second kappa shape index (κ2) is 10.5. The van der Waals surface area contributed by atoms with Crippen molar-refractivity contribution in [2.45, 2.75) is 45.6 Å². The number of aromatic nitrogens is 1. The van der Waals surface area contributed by atoms with Crippen LogP contribution < -0.4 is 15.4 Å². The Morgan fingerprint density at radius 1 is 1.30 bits per heavy atom. The van der Waals surface area contributed by atoms with E-state index in [1.54, 1.807) is 0 Å². The van der Waals surface area contributed by atoms with Gasteiger partial charge in [-0.05, 0) is 30.9 Å². The first-order valence-electron chi connectivity index (χ1n) is 9.36. The summed E-state index contributed by atoms with van der Waals surface area (Å²) in [7, 11) is 0. The smallest absolute Gasteiger partial charge is 0.191 e. The van der Waals surface area contributed by atoms with Gasteiger partial charge in [-0.15, -0.1) is 24.0 Å². The van der Waals surface area contributed by atoms with Crippen LogP contribution in [0.3, 0.4) is 0 Å². The van der Waals surface area contributed by atoms with E-state index in [1.165, 1.54) is 5.56 Å². The number of aliphatic imine (C=N–C) groups is 1. The van der Waals surface area contributed by atoms with Gasteiger partial charge in [-0.25, -0.2) is 4.99 Å². The summed E-state index contributed by atoms with van der Waals surface area (Å²) in [6.07, 6.45) is 1.00. The molecule has 27 heavy (non-hydrogen) atoms. The summed E-state index contributed by atoms with van der Waals surface area (Å²) in [5.74, 6) is 3.34. The molecule has 1 aliphatic heterocycles. The van der Waals surface area contributed by atoms with Crippen molar-refractivity contribution in [3.8, 4) is 5.75 Å². The standard InChI is InChI=1S/C20H28N4O2.HI/c1-4-21-20(23-13-16-11-18(14(2)3)24-26-16)22-12-15-9-10-25-19-8-6-5-7-17(15)19;/h5-8,11,14-15H,4,9-10,12-13H2,1-3H3,(H2,21,22,23);1H. The van der Waals surface area contributed by atoms with E-state index in [2.05, 4.69) is 53.7 Å². The van der Waals surface area contributed by atoms with Gasteiger partial charge in [-0.2, -0.15) is 0 Å². The molecule has 7 heteroatoms. The highest BCUT2D eigenvalue weighted by Crippen LogP contribution is 2.32. The van der Waals surface area contributed by atoms with Crippen molar-refractivity contribution in [1.29, 1.82) is 0 Å². The normalized spacial score (nSPS) is 16.3. The zero-order chi connectivity index (χ0) is 18.4. The maximum Gasteiger partial charge on any atom is 0.191 e. The molecule has 0 aliphatic carbocycles. The molecule has 1 aromatic carbocycles. The maximum atomic E-state index is 5.74. The molecule has 0 spiro atoms. The van der Waals surface area contributed by atoms with Crippen molar-refractivity contribution in [3.63, 3.8) is 0 Å². The summed E-state index contributed by atoms with van der Waals surface area (Å²) in [6.45, 7) is 9.12. The quantitative estimate of drug-likeness (QED) is 0.368. The number of hydrogen-bond acceptors (Lipinski definition) is 4. The van der Waals surface area contributed by atoms with Gasteiger partial charge in [0.2, 0.25) is 0 Å². The zero-order valence-electron chi connectivity index (χ0n) is 16.2. The Labute approximate surface area is 178 Å². The molecule has 148 valence electrons. The van der Waals surface area contributed by atoms with Crippen LogP contribution in [-0.2, 0) is 6.54 Å². The molecule has 2 heterocycles. The number of guanidine groups is 1. The van der Waals surface area contributed by atoms with Gasteiger partial charge in [-0.3, -0.25) is 0 Å². The molecule has 1 aliphatic rings. The number of para-hydroxylation sites is 1. The lowest BCUT2D eigenvalue weighted by Crippen LogP contribution is -2.40. The third-order valence-electron chi connectivity index (χ3n) is 4.50. The molecule has 0 saturated heterocycles. The molecule has 1 atom stereocenters. The Bertz CT molecular complexity index is 745. The molecule has 6 nitrogen and oxygen atoms in total. The van der Waals surface area contributed by atoms with Gasteiger partial charge in [0.25, 0.3) is 0 Å². The van der Waals surface area contributed by atoms with E-state index in [9.17, 15) is 0 Å². The summed E-state index contributed by atoms with van der Waals surface area (Å²) in [5, 5.41) is 10.8. The summed E-state index contributed by atoms with van der Waals surface area (Å²) in [6, 6.07) is 10.2. The zero-order valence-corrected chi connectivity index (χ0v) is 18.5. The highest BCUT2D eigenvalue weighted by atomic mass is 127. The lowest BCUT2D eigenvalue weighted by atomic mass is 9.93.